The third-order valence-corrected chi connectivity index (χ3v) is 3.41. The van der Waals surface area contributed by atoms with Gasteiger partial charge in [0.15, 0.2) is 0 Å². The van der Waals surface area contributed by atoms with E-state index in [1.54, 1.807) is 23.6 Å². The fourth-order valence-corrected chi connectivity index (χ4v) is 2.40. The van der Waals surface area contributed by atoms with Gasteiger partial charge in [-0.25, -0.2) is 9.78 Å². The molecule has 0 spiro atoms. The molecule has 90 valence electrons. The highest BCUT2D eigenvalue weighted by atomic mass is 32.1. The molecule has 2 aromatic rings. The van der Waals surface area contributed by atoms with Gasteiger partial charge in [-0.2, -0.15) is 0 Å². The molecular formula is C12H14N2O2S. The average Bonchev–Trinajstić information content (AvgIpc) is 2.94. The van der Waals surface area contributed by atoms with E-state index in [0.717, 1.165) is 35.5 Å². The molecule has 0 radical (unpaired) electrons. The summed E-state index contributed by atoms with van der Waals surface area (Å²) in [6.45, 7) is 2.15. The van der Waals surface area contributed by atoms with Gasteiger partial charge >= 0.3 is 5.97 Å². The second-order valence-corrected chi connectivity index (χ2v) is 4.78. The predicted octanol–water partition coefficient (Wildman–Crippen LogP) is 3.18. The van der Waals surface area contributed by atoms with Crippen LogP contribution in [-0.4, -0.2) is 21.0 Å². The molecule has 0 aromatic carbocycles. The van der Waals surface area contributed by atoms with E-state index in [2.05, 4.69) is 16.9 Å². The van der Waals surface area contributed by atoms with Crippen LogP contribution in [0.5, 0.6) is 0 Å². The maximum Gasteiger partial charge on any atom is 0.352 e. The van der Waals surface area contributed by atoms with E-state index < -0.39 is 5.97 Å². The van der Waals surface area contributed by atoms with Crippen LogP contribution in [0.3, 0.4) is 0 Å². The van der Waals surface area contributed by atoms with Crippen molar-refractivity contribution in [2.24, 2.45) is 0 Å². The number of rotatable bonds is 5. The van der Waals surface area contributed by atoms with E-state index in [1.807, 2.05) is 5.38 Å². The predicted molar refractivity (Wildman–Crippen MR) is 67.5 cm³/mol. The molecule has 0 saturated heterocycles. The summed E-state index contributed by atoms with van der Waals surface area (Å²) in [7, 11) is 0. The van der Waals surface area contributed by atoms with Crippen molar-refractivity contribution in [3.05, 3.63) is 28.3 Å². The molecule has 17 heavy (non-hydrogen) atoms. The van der Waals surface area contributed by atoms with Crippen LogP contribution in [0.2, 0.25) is 0 Å². The van der Waals surface area contributed by atoms with Crippen LogP contribution in [0.25, 0.3) is 11.3 Å². The Morgan fingerprint density at radius 1 is 1.59 bits per heavy atom. The number of thiazole rings is 1. The van der Waals surface area contributed by atoms with Crippen LogP contribution < -0.4 is 0 Å². The summed E-state index contributed by atoms with van der Waals surface area (Å²) in [5.41, 5.74) is 1.88. The summed E-state index contributed by atoms with van der Waals surface area (Å²) in [6.07, 6.45) is 4.97. The number of unbranched alkanes of at least 4 members (excludes halogenated alkanes) is 1. The Kier molecular flexibility index (Phi) is 3.58. The van der Waals surface area contributed by atoms with Crippen molar-refractivity contribution in [3.8, 4) is 11.3 Å². The minimum Gasteiger partial charge on any atom is -0.477 e. The summed E-state index contributed by atoms with van der Waals surface area (Å²) in [5, 5.41) is 11.9. The summed E-state index contributed by atoms with van der Waals surface area (Å²) in [4.78, 5) is 18.0. The van der Waals surface area contributed by atoms with Crippen molar-refractivity contribution in [2.75, 3.05) is 0 Å². The van der Waals surface area contributed by atoms with E-state index in [0.29, 0.717) is 0 Å². The lowest BCUT2D eigenvalue weighted by atomic mass is 10.2. The molecule has 5 heteroatoms. The van der Waals surface area contributed by atoms with E-state index in [-0.39, 0.29) is 5.69 Å². The molecule has 0 unspecified atom stereocenters. The van der Waals surface area contributed by atoms with Crippen molar-refractivity contribution in [1.82, 2.24) is 9.97 Å². The molecule has 0 saturated carbocycles. The molecule has 2 heterocycles. The number of hydrogen-bond donors (Lipinski definition) is 2. The highest BCUT2D eigenvalue weighted by Gasteiger charge is 2.10. The van der Waals surface area contributed by atoms with Crippen LogP contribution in [0.15, 0.2) is 17.6 Å². The molecule has 0 aliphatic carbocycles. The van der Waals surface area contributed by atoms with Crippen LogP contribution in [0.1, 0.15) is 35.3 Å². The first kappa shape index (κ1) is 11.9. The fraction of sp³-hybridized carbons (Fsp3) is 0.333. The van der Waals surface area contributed by atoms with Gasteiger partial charge in [-0.1, -0.05) is 13.3 Å². The summed E-state index contributed by atoms with van der Waals surface area (Å²) in [6, 6.07) is 1.61. The molecule has 0 atom stereocenters. The van der Waals surface area contributed by atoms with Gasteiger partial charge in [0.2, 0.25) is 0 Å². The largest absolute Gasteiger partial charge is 0.477 e. The maximum atomic E-state index is 10.7. The first-order chi connectivity index (χ1) is 8.20. The van der Waals surface area contributed by atoms with Crippen molar-refractivity contribution < 1.29 is 9.90 Å². The van der Waals surface area contributed by atoms with Crippen LogP contribution in [0.4, 0.5) is 0 Å². The molecule has 2 aromatic heterocycles. The Hall–Kier alpha value is -1.62. The van der Waals surface area contributed by atoms with Crippen molar-refractivity contribution in [2.45, 2.75) is 26.2 Å². The monoisotopic (exact) mass is 250 g/mol. The second kappa shape index (κ2) is 5.14. The smallest absolute Gasteiger partial charge is 0.352 e. The number of carboxylic acid groups (broad SMARTS) is 1. The number of aromatic nitrogens is 2. The third-order valence-electron chi connectivity index (χ3n) is 2.51. The summed E-state index contributed by atoms with van der Waals surface area (Å²) < 4.78 is 0. The lowest BCUT2D eigenvalue weighted by Crippen LogP contribution is -1.94. The highest BCUT2D eigenvalue weighted by Crippen LogP contribution is 2.23. The Balaban J connectivity index is 2.15. The first-order valence-electron chi connectivity index (χ1n) is 5.57. The zero-order valence-electron chi connectivity index (χ0n) is 9.56. The van der Waals surface area contributed by atoms with Crippen molar-refractivity contribution in [3.63, 3.8) is 0 Å². The number of aromatic amines is 1. The van der Waals surface area contributed by atoms with Gasteiger partial charge in [-0.05, 0) is 18.9 Å². The SMILES string of the molecule is CCCCc1nc(-c2c[nH]c(C(=O)O)c2)cs1. The maximum absolute atomic E-state index is 10.7. The van der Waals surface area contributed by atoms with Gasteiger partial charge < -0.3 is 10.1 Å². The number of carbonyl (C=O) groups is 1. The normalized spacial score (nSPS) is 10.6. The van der Waals surface area contributed by atoms with Gasteiger partial charge in [0.25, 0.3) is 0 Å². The number of H-pyrrole nitrogens is 1. The number of aromatic carboxylic acids is 1. The van der Waals surface area contributed by atoms with E-state index in [1.165, 1.54) is 0 Å². The zero-order chi connectivity index (χ0) is 12.3. The number of hydrogen-bond acceptors (Lipinski definition) is 3. The van der Waals surface area contributed by atoms with E-state index >= 15 is 0 Å². The molecule has 0 amide bonds. The molecule has 0 aliphatic rings. The highest BCUT2D eigenvalue weighted by molar-refractivity contribution is 7.09. The molecule has 4 nitrogen and oxygen atoms in total. The Morgan fingerprint density at radius 3 is 3.06 bits per heavy atom. The Morgan fingerprint density at radius 2 is 2.41 bits per heavy atom. The lowest BCUT2D eigenvalue weighted by molar-refractivity contribution is 0.0691. The molecular weight excluding hydrogens is 236 g/mol. The number of carboxylic acids is 1. The summed E-state index contributed by atoms with van der Waals surface area (Å²) >= 11 is 1.63. The molecule has 2 N–H and O–H groups in total. The van der Waals surface area contributed by atoms with Crippen LogP contribution in [0, 0.1) is 0 Å². The fourth-order valence-electron chi connectivity index (χ4n) is 1.55. The van der Waals surface area contributed by atoms with E-state index in [9.17, 15) is 4.79 Å². The lowest BCUT2D eigenvalue weighted by Gasteiger charge is -1.91. The molecule has 0 bridgehead atoms. The quantitative estimate of drug-likeness (QED) is 0.856. The minimum atomic E-state index is -0.947. The van der Waals surface area contributed by atoms with Crippen LogP contribution >= 0.6 is 11.3 Å². The number of nitrogens with zero attached hydrogens (tertiary/aromatic N) is 1. The molecule has 0 fully saturated rings. The van der Waals surface area contributed by atoms with Crippen molar-refractivity contribution >= 4 is 17.3 Å². The van der Waals surface area contributed by atoms with Crippen molar-refractivity contribution in [1.29, 1.82) is 0 Å². The van der Waals surface area contributed by atoms with E-state index in [4.69, 9.17) is 5.11 Å². The van der Waals surface area contributed by atoms with Gasteiger partial charge in [0.05, 0.1) is 10.7 Å². The Labute approximate surface area is 103 Å². The standard InChI is InChI=1S/C12H14N2O2S/c1-2-3-4-11-14-10(7-17-11)8-5-9(12(15)16)13-6-8/h5-7,13H,2-4H2,1H3,(H,15,16). The second-order valence-electron chi connectivity index (χ2n) is 3.84. The van der Waals surface area contributed by atoms with Gasteiger partial charge in [0.1, 0.15) is 5.69 Å². The topological polar surface area (TPSA) is 66.0 Å². The molecule has 2 rings (SSSR count). The van der Waals surface area contributed by atoms with Crippen LogP contribution in [-0.2, 0) is 6.42 Å². The third kappa shape index (κ3) is 2.74. The average molecular weight is 250 g/mol. The van der Waals surface area contributed by atoms with Gasteiger partial charge in [-0.15, -0.1) is 11.3 Å². The molecule has 0 aliphatic heterocycles. The zero-order valence-corrected chi connectivity index (χ0v) is 10.4. The Bertz CT molecular complexity index is 516. The summed E-state index contributed by atoms with van der Waals surface area (Å²) in [5.74, 6) is -0.947. The van der Waals surface area contributed by atoms with Gasteiger partial charge in [-0.3, -0.25) is 0 Å². The number of aryl methyl sites for hydroxylation is 1. The number of nitrogens with one attached hydrogen (secondary N) is 1. The van der Waals surface area contributed by atoms with Gasteiger partial charge in [0, 0.05) is 17.1 Å². The minimum absolute atomic E-state index is 0.197. The first-order valence-corrected chi connectivity index (χ1v) is 6.45.